The summed E-state index contributed by atoms with van der Waals surface area (Å²) in [6.45, 7) is 2.50. The van der Waals surface area contributed by atoms with Crippen molar-refractivity contribution in [2.45, 2.75) is 26.2 Å². The lowest BCUT2D eigenvalue weighted by atomic mass is 10.2. The predicted octanol–water partition coefficient (Wildman–Crippen LogP) is 5.27. The molecule has 0 bridgehead atoms. The van der Waals surface area contributed by atoms with Crippen LogP contribution < -0.4 is 0 Å². The zero-order valence-corrected chi connectivity index (χ0v) is 19.0. The maximum atomic E-state index is 13.8. The van der Waals surface area contributed by atoms with Gasteiger partial charge in [-0.3, -0.25) is 9.48 Å². The summed E-state index contributed by atoms with van der Waals surface area (Å²) < 4.78 is 43.4. The molecule has 0 saturated heterocycles. The van der Waals surface area contributed by atoms with E-state index in [1.807, 2.05) is 6.92 Å². The molecule has 0 N–H and O–H groups in total. The van der Waals surface area contributed by atoms with Crippen LogP contribution in [0.3, 0.4) is 0 Å². The first kappa shape index (κ1) is 22.6. The molecular weight excluding hydrogens is 488 g/mol. The molecule has 4 heterocycles. The summed E-state index contributed by atoms with van der Waals surface area (Å²) in [6, 6.07) is 4.23. The van der Waals surface area contributed by atoms with Crippen molar-refractivity contribution >= 4 is 46.1 Å². The molecule has 168 valence electrons. The van der Waals surface area contributed by atoms with Crippen molar-refractivity contribution in [2.24, 2.45) is 0 Å². The minimum atomic E-state index is -4.74. The molecule has 7 nitrogen and oxygen atoms in total. The highest BCUT2D eigenvalue weighted by Crippen LogP contribution is 2.35. The fourth-order valence-electron chi connectivity index (χ4n) is 3.06. The van der Waals surface area contributed by atoms with Gasteiger partial charge in [-0.2, -0.15) is 23.4 Å². The van der Waals surface area contributed by atoms with E-state index in [1.165, 1.54) is 23.3 Å². The summed E-state index contributed by atoms with van der Waals surface area (Å²) in [5, 5.41) is 9.96. The molecule has 4 aromatic rings. The zero-order chi connectivity index (χ0) is 23.2. The Morgan fingerprint density at radius 2 is 2.03 bits per heavy atom. The average molecular weight is 503 g/mol. The SMILES string of the molecule is CCn1cc(Cl)c(CN(C)C(=O)c2nn3c(C(F)(F)F)cc(-c4cccs4)nc3c2Cl)n1. The highest BCUT2D eigenvalue weighted by molar-refractivity contribution is 7.13. The molecule has 4 aromatic heterocycles. The minimum Gasteiger partial charge on any atom is -0.334 e. The summed E-state index contributed by atoms with van der Waals surface area (Å²) in [4.78, 5) is 19.0. The maximum absolute atomic E-state index is 13.8. The van der Waals surface area contributed by atoms with Crippen LogP contribution in [0.25, 0.3) is 16.2 Å². The second-order valence-electron chi connectivity index (χ2n) is 6.84. The van der Waals surface area contributed by atoms with Gasteiger partial charge in [0.25, 0.3) is 5.91 Å². The van der Waals surface area contributed by atoms with Crippen molar-refractivity contribution in [1.29, 1.82) is 0 Å². The Morgan fingerprint density at radius 1 is 1.28 bits per heavy atom. The maximum Gasteiger partial charge on any atom is 0.433 e. The van der Waals surface area contributed by atoms with Crippen molar-refractivity contribution in [3.05, 3.63) is 56.9 Å². The van der Waals surface area contributed by atoms with Gasteiger partial charge < -0.3 is 4.90 Å². The number of aromatic nitrogens is 5. The van der Waals surface area contributed by atoms with E-state index in [1.54, 1.807) is 28.4 Å². The molecule has 0 aromatic carbocycles. The molecule has 0 radical (unpaired) electrons. The predicted molar refractivity (Wildman–Crippen MR) is 115 cm³/mol. The Balaban J connectivity index is 1.76. The minimum absolute atomic E-state index is 0.0227. The fraction of sp³-hybridized carbons (Fsp3) is 0.263. The Kier molecular flexibility index (Phi) is 5.91. The van der Waals surface area contributed by atoms with Gasteiger partial charge in [-0.25, -0.2) is 9.50 Å². The van der Waals surface area contributed by atoms with Crippen LogP contribution in [0.1, 0.15) is 28.8 Å². The summed E-state index contributed by atoms with van der Waals surface area (Å²) in [7, 11) is 1.46. The molecule has 0 fully saturated rings. The van der Waals surface area contributed by atoms with Crippen molar-refractivity contribution in [2.75, 3.05) is 7.05 Å². The van der Waals surface area contributed by atoms with Crippen LogP contribution >= 0.6 is 34.5 Å². The fourth-order valence-corrected chi connectivity index (χ4v) is 4.20. The number of carbonyl (C=O) groups excluding carboxylic acids is 1. The molecule has 32 heavy (non-hydrogen) atoms. The highest BCUT2D eigenvalue weighted by atomic mass is 35.5. The number of rotatable bonds is 5. The van der Waals surface area contributed by atoms with Crippen molar-refractivity contribution < 1.29 is 18.0 Å². The quantitative estimate of drug-likeness (QED) is 0.372. The molecule has 0 atom stereocenters. The number of fused-ring (bicyclic) bond motifs is 1. The molecule has 0 spiro atoms. The standard InChI is InChI=1S/C19H15Cl2F3N6OS/c1-3-29-8-10(20)12(26-29)9-28(2)18(31)16-15(21)17-25-11(13-5-4-6-32-13)7-14(19(22,23)24)30(17)27-16/h4-8H,3,9H2,1-2H3. The number of nitrogens with zero attached hydrogens (tertiary/aromatic N) is 6. The monoisotopic (exact) mass is 502 g/mol. The van der Waals surface area contributed by atoms with Gasteiger partial charge in [-0.15, -0.1) is 11.3 Å². The number of hydrogen-bond donors (Lipinski definition) is 0. The van der Waals surface area contributed by atoms with Crippen LogP contribution in [-0.4, -0.2) is 42.2 Å². The molecule has 4 rings (SSSR count). The summed E-state index contributed by atoms with van der Waals surface area (Å²) in [5.41, 5.74) is -1.15. The molecule has 0 saturated carbocycles. The third-order valence-corrected chi connectivity index (χ3v) is 6.20. The van der Waals surface area contributed by atoms with Gasteiger partial charge in [0, 0.05) is 19.8 Å². The van der Waals surface area contributed by atoms with E-state index in [9.17, 15) is 18.0 Å². The zero-order valence-electron chi connectivity index (χ0n) is 16.7. The highest BCUT2D eigenvalue weighted by Gasteiger charge is 2.37. The van der Waals surface area contributed by atoms with Gasteiger partial charge in [0.2, 0.25) is 0 Å². The first-order valence-corrected chi connectivity index (χ1v) is 10.9. The van der Waals surface area contributed by atoms with E-state index in [0.29, 0.717) is 26.7 Å². The van der Waals surface area contributed by atoms with E-state index in [-0.39, 0.29) is 28.6 Å². The van der Waals surface area contributed by atoms with Crippen molar-refractivity contribution in [3.63, 3.8) is 0 Å². The molecular formula is C19H15Cl2F3N6OS. The number of carbonyl (C=O) groups is 1. The molecule has 0 unspecified atom stereocenters. The van der Waals surface area contributed by atoms with Crippen molar-refractivity contribution in [1.82, 2.24) is 29.3 Å². The van der Waals surface area contributed by atoms with Gasteiger partial charge in [-0.05, 0) is 24.4 Å². The Morgan fingerprint density at radius 3 is 2.62 bits per heavy atom. The lowest BCUT2D eigenvalue weighted by Crippen LogP contribution is -2.27. The number of alkyl halides is 3. The van der Waals surface area contributed by atoms with Gasteiger partial charge in [0.15, 0.2) is 17.0 Å². The normalized spacial score (nSPS) is 12.0. The second-order valence-corrected chi connectivity index (χ2v) is 8.57. The van der Waals surface area contributed by atoms with Crippen LogP contribution in [0, 0.1) is 0 Å². The first-order valence-electron chi connectivity index (χ1n) is 9.27. The number of hydrogen-bond acceptors (Lipinski definition) is 5. The summed E-state index contributed by atoms with van der Waals surface area (Å²) >= 11 is 13.7. The third kappa shape index (κ3) is 4.07. The molecule has 1 amide bonds. The lowest BCUT2D eigenvalue weighted by molar-refractivity contribution is -0.142. The van der Waals surface area contributed by atoms with Crippen LogP contribution in [0.4, 0.5) is 13.2 Å². The number of aryl methyl sites for hydroxylation is 1. The number of halogens is 5. The van der Waals surface area contributed by atoms with E-state index in [2.05, 4.69) is 15.2 Å². The summed E-state index contributed by atoms with van der Waals surface area (Å²) in [6.07, 6.45) is -3.12. The lowest BCUT2D eigenvalue weighted by Gasteiger charge is -2.14. The summed E-state index contributed by atoms with van der Waals surface area (Å²) in [5.74, 6) is -0.687. The van der Waals surface area contributed by atoms with Crippen molar-refractivity contribution in [3.8, 4) is 10.6 Å². The van der Waals surface area contributed by atoms with Crippen LogP contribution in [-0.2, 0) is 19.3 Å². The van der Waals surface area contributed by atoms with Gasteiger partial charge in [0.1, 0.15) is 10.7 Å². The van der Waals surface area contributed by atoms with E-state index >= 15 is 0 Å². The topological polar surface area (TPSA) is 68.3 Å². The number of amides is 1. The largest absolute Gasteiger partial charge is 0.433 e. The molecule has 0 aliphatic rings. The van der Waals surface area contributed by atoms with Crippen LogP contribution in [0.15, 0.2) is 29.8 Å². The van der Waals surface area contributed by atoms with E-state index in [4.69, 9.17) is 23.2 Å². The Hall–Kier alpha value is -2.63. The smallest absolute Gasteiger partial charge is 0.334 e. The first-order chi connectivity index (χ1) is 15.1. The molecule has 0 aliphatic carbocycles. The van der Waals surface area contributed by atoms with E-state index in [0.717, 1.165) is 6.07 Å². The third-order valence-electron chi connectivity index (χ3n) is 4.64. The van der Waals surface area contributed by atoms with E-state index < -0.39 is 17.8 Å². The Bertz CT molecular complexity index is 1300. The van der Waals surface area contributed by atoms with Gasteiger partial charge >= 0.3 is 6.18 Å². The molecule has 0 aliphatic heterocycles. The average Bonchev–Trinajstić information content (AvgIpc) is 3.46. The molecule has 13 heteroatoms. The number of thiophene rings is 1. The second kappa shape index (κ2) is 8.38. The van der Waals surface area contributed by atoms with Crippen LogP contribution in [0.5, 0.6) is 0 Å². The Labute approximate surface area is 194 Å². The van der Waals surface area contributed by atoms with Gasteiger partial charge in [0.05, 0.1) is 22.1 Å². The van der Waals surface area contributed by atoms with Gasteiger partial charge in [-0.1, -0.05) is 29.3 Å². The van der Waals surface area contributed by atoms with Crippen LogP contribution in [0.2, 0.25) is 10.0 Å².